The first-order valence-electron chi connectivity index (χ1n) is 6.79. The number of nitrogens with zero attached hydrogens (tertiary/aromatic N) is 1. The number of nitriles is 1. The Morgan fingerprint density at radius 2 is 1.78 bits per heavy atom. The first-order chi connectivity index (χ1) is 11.1. The van der Waals surface area contributed by atoms with Gasteiger partial charge in [-0.05, 0) is 29.8 Å². The molecule has 0 aromatic heterocycles. The van der Waals surface area contributed by atoms with Crippen molar-refractivity contribution in [3.05, 3.63) is 65.7 Å². The van der Waals surface area contributed by atoms with Crippen LogP contribution in [0.2, 0.25) is 0 Å². The molecule has 2 aromatic rings. The number of benzene rings is 2. The third-order valence-corrected chi connectivity index (χ3v) is 4.23. The van der Waals surface area contributed by atoms with Crippen LogP contribution in [0.25, 0.3) is 0 Å². The van der Waals surface area contributed by atoms with Gasteiger partial charge in [0.15, 0.2) is 0 Å². The monoisotopic (exact) mass is 326 g/mol. The average molecular weight is 326 g/mol. The molecule has 2 rings (SSSR count). The molecule has 0 saturated carbocycles. The van der Waals surface area contributed by atoms with E-state index in [2.05, 4.69) is 5.32 Å². The molecule has 0 aliphatic heterocycles. The van der Waals surface area contributed by atoms with Crippen LogP contribution in [0, 0.1) is 11.3 Å². The second-order valence-corrected chi connectivity index (χ2v) is 5.77. The standard InChI is InChI=1S/C17H14N2O3S/c18-10-12-6-8-14(9-7-12)19-17(22)16(23-11-15(20)21)13-4-2-1-3-5-13/h1-9,16H,11H2,(H,19,22)(H,20,21). The normalized spacial score (nSPS) is 11.3. The second kappa shape index (κ2) is 8.01. The summed E-state index contributed by atoms with van der Waals surface area (Å²) in [5.74, 6) is -1.44. The van der Waals surface area contributed by atoms with E-state index in [-0.39, 0.29) is 11.7 Å². The highest BCUT2D eigenvalue weighted by Crippen LogP contribution is 2.30. The number of carbonyl (C=O) groups excluding carboxylic acids is 1. The maximum Gasteiger partial charge on any atom is 0.313 e. The Balaban J connectivity index is 2.15. The SMILES string of the molecule is N#Cc1ccc(NC(=O)C(SCC(=O)O)c2ccccc2)cc1. The van der Waals surface area contributed by atoms with Crippen molar-refractivity contribution in [2.75, 3.05) is 11.1 Å². The number of nitrogens with one attached hydrogen (secondary N) is 1. The highest BCUT2D eigenvalue weighted by molar-refractivity contribution is 8.00. The summed E-state index contributed by atoms with van der Waals surface area (Å²) < 4.78 is 0. The third-order valence-electron chi connectivity index (χ3n) is 3.00. The number of carboxylic acid groups (broad SMARTS) is 1. The van der Waals surface area contributed by atoms with Gasteiger partial charge < -0.3 is 10.4 Å². The molecule has 2 N–H and O–H groups in total. The maximum atomic E-state index is 12.5. The molecular formula is C17H14N2O3S. The molecule has 2 aromatic carbocycles. The van der Waals surface area contributed by atoms with E-state index in [0.717, 1.165) is 17.3 Å². The number of anilines is 1. The van der Waals surface area contributed by atoms with Crippen LogP contribution in [-0.4, -0.2) is 22.7 Å². The summed E-state index contributed by atoms with van der Waals surface area (Å²) in [6.45, 7) is 0. The molecule has 0 aliphatic rings. The van der Waals surface area contributed by atoms with Gasteiger partial charge in [0.2, 0.25) is 5.91 Å². The molecule has 1 unspecified atom stereocenters. The van der Waals surface area contributed by atoms with Crippen LogP contribution in [-0.2, 0) is 9.59 Å². The Labute approximate surface area is 137 Å². The molecule has 0 saturated heterocycles. The van der Waals surface area contributed by atoms with Crippen molar-refractivity contribution in [1.29, 1.82) is 5.26 Å². The van der Waals surface area contributed by atoms with Crippen LogP contribution in [0.1, 0.15) is 16.4 Å². The van der Waals surface area contributed by atoms with Gasteiger partial charge in [-0.1, -0.05) is 30.3 Å². The Bertz CT molecular complexity index is 724. The first kappa shape index (κ1) is 16.6. The van der Waals surface area contributed by atoms with E-state index >= 15 is 0 Å². The first-order valence-corrected chi connectivity index (χ1v) is 7.84. The van der Waals surface area contributed by atoms with Crippen LogP contribution in [0.3, 0.4) is 0 Å². The van der Waals surface area contributed by atoms with Gasteiger partial charge in [0.05, 0.1) is 17.4 Å². The lowest BCUT2D eigenvalue weighted by Gasteiger charge is -2.16. The maximum absolute atomic E-state index is 12.5. The minimum Gasteiger partial charge on any atom is -0.481 e. The van der Waals surface area contributed by atoms with E-state index in [9.17, 15) is 9.59 Å². The van der Waals surface area contributed by atoms with Crippen molar-refractivity contribution in [3.8, 4) is 6.07 Å². The minimum absolute atomic E-state index is 0.166. The van der Waals surface area contributed by atoms with Crippen molar-refractivity contribution in [2.24, 2.45) is 0 Å². The molecule has 1 atom stereocenters. The topological polar surface area (TPSA) is 90.2 Å². The highest BCUT2D eigenvalue weighted by atomic mass is 32.2. The molecule has 23 heavy (non-hydrogen) atoms. The molecule has 0 heterocycles. The van der Waals surface area contributed by atoms with Crippen LogP contribution < -0.4 is 5.32 Å². The molecule has 0 bridgehead atoms. The zero-order valence-electron chi connectivity index (χ0n) is 12.1. The lowest BCUT2D eigenvalue weighted by atomic mass is 10.1. The van der Waals surface area contributed by atoms with Gasteiger partial charge in [-0.25, -0.2) is 0 Å². The van der Waals surface area contributed by atoms with Crippen LogP contribution in [0.15, 0.2) is 54.6 Å². The summed E-state index contributed by atoms with van der Waals surface area (Å²) in [6, 6.07) is 17.5. The molecule has 6 heteroatoms. The number of aliphatic carboxylic acids is 1. The number of amides is 1. The van der Waals surface area contributed by atoms with Crippen molar-refractivity contribution in [3.63, 3.8) is 0 Å². The Morgan fingerprint density at radius 1 is 1.13 bits per heavy atom. The van der Waals surface area contributed by atoms with E-state index in [1.54, 1.807) is 48.5 Å². The lowest BCUT2D eigenvalue weighted by Crippen LogP contribution is -2.20. The summed E-state index contributed by atoms with van der Waals surface area (Å²) >= 11 is 1.05. The lowest BCUT2D eigenvalue weighted by molar-refractivity contribution is -0.133. The summed E-state index contributed by atoms with van der Waals surface area (Å²) in [5, 5.41) is 19.8. The Morgan fingerprint density at radius 3 is 2.35 bits per heavy atom. The Hall–Kier alpha value is -2.78. The number of thioether (sulfide) groups is 1. The van der Waals surface area contributed by atoms with Gasteiger partial charge in [0.1, 0.15) is 5.25 Å². The fraction of sp³-hybridized carbons (Fsp3) is 0.118. The molecule has 0 aliphatic carbocycles. The number of carbonyl (C=O) groups is 2. The van der Waals surface area contributed by atoms with E-state index in [1.165, 1.54) is 0 Å². The van der Waals surface area contributed by atoms with E-state index in [1.807, 2.05) is 12.1 Å². The molecule has 1 amide bonds. The predicted molar refractivity (Wildman–Crippen MR) is 89.1 cm³/mol. The van der Waals surface area contributed by atoms with Gasteiger partial charge in [-0.3, -0.25) is 9.59 Å². The van der Waals surface area contributed by atoms with Gasteiger partial charge in [0.25, 0.3) is 0 Å². The van der Waals surface area contributed by atoms with Crippen molar-refractivity contribution < 1.29 is 14.7 Å². The highest BCUT2D eigenvalue weighted by Gasteiger charge is 2.22. The largest absolute Gasteiger partial charge is 0.481 e. The molecule has 0 radical (unpaired) electrons. The summed E-state index contributed by atoms with van der Waals surface area (Å²) in [4.78, 5) is 23.3. The molecule has 5 nitrogen and oxygen atoms in total. The molecule has 0 spiro atoms. The minimum atomic E-state index is -0.970. The quantitative estimate of drug-likeness (QED) is 0.851. The second-order valence-electron chi connectivity index (χ2n) is 4.67. The molecule has 116 valence electrons. The average Bonchev–Trinajstić information content (AvgIpc) is 2.56. The van der Waals surface area contributed by atoms with Crippen molar-refractivity contribution in [2.45, 2.75) is 5.25 Å². The van der Waals surface area contributed by atoms with Crippen LogP contribution >= 0.6 is 11.8 Å². The van der Waals surface area contributed by atoms with Crippen molar-refractivity contribution >= 4 is 29.3 Å². The fourth-order valence-corrected chi connectivity index (χ4v) is 2.81. The van der Waals surface area contributed by atoms with E-state index in [0.29, 0.717) is 11.3 Å². The summed E-state index contributed by atoms with van der Waals surface area (Å²) in [7, 11) is 0. The van der Waals surface area contributed by atoms with Gasteiger partial charge in [-0.15, -0.1) is 11.8 Å². The number of carboxylic acids is 1. The van der Waals surface area contributed by atoms with Gasteiger partial charge in [-0.2, -0.15) is 5.26 Å². The Kier molecular flexibility index (Phi) is 5.78. The van der Waals surface area contributed by atoms with E-state index < -0.39 is 11.2 Å². The number of hydrogen-bond acceptors (Lipinski definition) is 4. The summed E-state index contributed by atoms with van der Waals surface area (Å²) in [5.41, 5.74) is 1.80. The zero-order chi connectivity index (χ0) is 16.7. The van der Waals surface area contributed by atoms with Crippen LogP contribution in [0.5, 0.6) is 0 Å². The van der Waals surface area contributed by atoms with Gasteiger partial charge in [0, 0.05) is 5.69 Å². The fourth-order valence-electron chi connectivity index (χ4n) is 1.94. The predicted octanol–water partition coefficient (Wildman–Crippen LogP) is 3.06. The zero-order valence-corrected chi connectivity index (χ0v) is 12.9. The van der Waals surface area contributed by atoms with E-state index in [4.69, 9.17) is 10.4 Å². The molecule has 0 fully saturated rings. The smallest absolute Gasteiger partial charge is 0.313 e. The van der Waals surface area contributed by atoms with Gasteiger partial charge >= 0.3 is 5.97 Å². The van der Waals surface area contributed by atoms with Crippen molar-refractivity contribution in [1.82, 2.24) is 0 Å². The molecular weight excluding hydrogens is 312 g/mol. The number of hydrogen-bond donors (Lipinski definition) is 2. The van der Waals surface area contributed by atoms with Crippen LogP contribution in [0.4, 0.5) is 5.69 Å². The third kappa shape index (κ3) is 4.87. The summed E-state index contributed by atoms with van der Waals surface area (Å²) in [6.07, 6.45) is 0. The number of rotatable bonds is 6.